The molecule has 60 valence electrons. The van der Waals surface area contributed by atoms with E-state index >= 15 is 0 Å². The van der Waals surface area contributed by atoms with Crippen LogP contribution in [0.4, 0.5) is 4.79 Å². The van der Waals surface area contributed by atoms with Crippen LogP contribution in [0.3, 0.4) is 0 Å². The summed E-state index contributed by atoms with van der Waals surface area (Å²) in [4.78, 5) is 31.3. The molecule has 1 amide bonds. The van der Waals surface area contributed by atoms with Crippen molar-refractivity contribution in [3.05, 3.63) is 0 Å². The smallest absolute Gasteiger partial charge is 0.305 e. The van der Waals surface area contributed by atoms with Crippen molar-refractivity contribution in [2.24, 2.45) is 0 Å². The van der Waals surface area contributed by atoms with Gasteiger partial charge in [0.05, 0.1) is 6.42 Å². The van der Waals surface area contributed by atoms with Crippen molar-refractivity contribution < 1.29 is 19.5 Å². The normalized spacial score (nSPS) is 23.5. The average molecular weight is 175 g/mol. The number of carbonyl (C=O) groups is 3. The van der Waals surface area contributed by atoms with E-state index in [4.69, 9.17) is 5.11 Å². The Morgan fingerprint density at radius 3 is 2.64 bits per heavy atom. The molecule has 0 spiro atoms. The summed E-state index contributed by atoms with van der Waals surface area (Å²) >= 11 is 0.518. The molecule has 0 aromatic rings. The van der Waals surface area contributed by atoms with Crippen LogP contribution < -0.4 is 5.32 Å². The lowest BCUT2D eigenvalue weighted by molar-refractivity contribution is -0.138. The van der Waals surface area contributed by atoms with Gasteiger partial charge in [0.25, 0.3) is 5.24 Å². The lowest BCUT2D eigenvalue weighted by Gasteiger charge is -2.01. The van der Waals surface area contributed by atoms with Crippen molar-refractivity contribution in [2.45, 2.75) is 12.5 Å². The Morgan fingerprint density at radius 2 is 2.27 bits per heavy atom. The van der Waals surface area contributed by atoms with E-state index in [1.54, 1.807) is 0 Å². The maximum atomic E-state index is 10.7. The predicted molar refractivity (Wildman–Crippen MR) is 37.2 cm³/mol. The van der Waals surface area contributed by atoms with Crippen molar-refractivity contribution >= 4 is 28.1 Å². The summed E-state index contributed by atoms with van der Waals surface area (Å²) in [6, 6.07) is -0.843. The molecule has 1 fully saturated rings. The van der Waals surface area contributed by atoms with Gasteiger partial charge in [-0.2, -0.15) is 0 Å². The van der Waals surface area contributed by atoms with Gasteiger partial charge in [0.15, 0.2) is 0 Å². The third kappa shape index (κ3) is 1.94. The molecule has 6 heteroatoms. The van der Waals surface area contributed by atoms with Gasteiger partial charge in [-0.05, 0) is 0 Å². The van der Waals surface area contributed by atoms with E-state index in [-0.39, 0.29) is 6.42 Å². The monoisotopic (exact) mass is 175 g/mol. The fourth-order valence-corrected chi connectivity index (χ4v) is 1.37. The molecule has 2 N–H and O–H groups in total. The molecular weight excluding hydrogens is 170 g/mol. The molecule has 0 aromatic carbocycles. The fourth-order valence-electron chi connectivity index (χ4n) is 0.702. The molecule has 1 aliphatic heterocycles. The summed E-state index contributed by atoms with van der Waals surface area (Å²) in [5.74, 6) is -1.09. The number of aliphatic carboxylic acids is 1. The van der Waals surface area contributed by atoms with Gasteiger partial charge >= 0.3 is 5.97 Å². The zero-order valence-electron chi connectivity index (χ0n) is 5.36. The Morgan fingerprint density at radius 1 is 1.64 bits per heavy atom. The minimum atomic E-state index is -1.09. The molecule has 0 saturated carbocycles. The minimum absolute atomic E-state index is 0.336. The van der Waals surface area contributed by atoms with E-state index in [9.17, 15) is 14.4 Å². The van der Waals surface area contributed by atoms with Crippen molar-refractivity contribution in [3.63, 3.8) is 0 Å². The standard InChI is InChI=1S/C5H5NO4S/c7-3(8)1-2-4(9)11-5(10)6-2/h2H,1H2,(H,6,10)(H,7,8)/t2-/m0/s1. The second-order valence-corrected chi connectivity index (χ2v) is 2.98. The maximum Gasteiger partial charge on any atom is 0.305 e. The molecule has 0 radical (unpaired) electrons. The topological polar surface area (TPSA) is 83.5 Å². The van der Waals surface area contributed by atoms with Crippen molar-refractivity contribution in [3.8, 4) is 0 Å². The van der Waals surface area contributed by atoms with E-state index in [1.807, 2.05) is 0 Å². The Bertz CT molecular complexity index is 227. The molecule has 0 unspecified atom stereocenters. The quantitative estimate of drug-likeness (QED) is 0.607. The molecule has 1 heterocycles. The highest BCUT2D eigenvalue weighted by molar-refractivity contribution is 8.26. The summed E-state index contributed by atoms with van der Waals surface area (Å²) in [7, 11) is 0. The van der Waals surface area contributed by atoms with Crippen molar-refractivity contribution in [1.29, 1.82) is 0 Å². The van der Waals surface area contributed by atoms with Crippen LogP contribution in [-0.2, 0) is 9.59 Å². The number of carboxylic acid groups (broad SMARTS) is 1. The number of thioether (sulfide) groups is 1. The van der Waals surface area contributed by atoms with Crippen LogP contribution in [0.15, 0.2) is 0 Å². The van der Waals surface area contributed by atoms with Gasteiger partial charge in [0.2, 0.25) is 5.12 Å². The zero-order chi connectivity index (χ0) is 8.43. The number of hydrogen-bond donors (Lipinski definition) is 2. The molecule has 1 saturated heterocycles. The zero-order valence-corrected chi connectivity index (χ0v) is 6.18. The highest BCUT2D eigenvalue weighted by Gasteiger charge is 2.32. The molecule has 0 aromatic heterocycles. The second-order valence-electron chi connectivity index (χ2n) is 2.00. The summed E-state index contributed by atoms with van der Waals surface area (Å²) < 4.78 is 0. The third-order valence-corrected chi connectivity index (χ3v) is 1.94. The molecule has 5 nitrogen and oxygen atoms in total. The summed E-state index contributed by atoms with van der Waals surface area (Å²) in [6.07, 6.45) is -0.336. The molecular formula is C5H5NO4S. The van der Waals surface area contributed by atoms with Gasteiger partial charge in [-0.1, -0.05) is 0 Å². The molecule has 0 aliphatic carbocycles. The second kappa shape index (κ2) is 2.91. The van der Waals surface area contributed by atoms with Crippen LogP contribution >= 0.6 is 11.8 Å². The number of nitrogens with one attached hydrogen (secondary N) is 1. The van der Waals surface area contributed by atoms with Gasteiger partial charge in [-0.15, -0.1) is 0 Å². The first-order chi connectivity index (χ1) is 5.09. The number of carbonyl (C=O) groups excluding carboxylic acids is 2. The van der Waals surface area contributed by atoms with Gasteiger partial charge in [0, 0.05) is 11.8 Å². The Labute approximate surface area is 66.1 Å². The summed E-state index contributed by atoms with van der Waals surface area (Å²) in [5, 5.41) is 9.60. The van der Waals surface area contributed by atoms with Crippen LogP contribution in [0.5, 0.6) is 0 Å². The lowest BCUT2D eigenvalue weighted by Crippen LogP contribution is -2.30. The first-order valence-electron chi connectivity index (χ1n) is 2.83. The van der Waals surface area contributed by atoms with Gasteiger partial charge in [-0.3, -0.25) is 14.4 Å². The van der Waals surface area contributed by atoms with Gasteiger partial charge < -0.3 is 10.4 Å². The highest BCUT2D eigenvalue weighted by Crippen LogP contribution is 2.17. The lowest BCUT2D eigenvalue weighted by atomic mass is 10.2. The van der Waals surface area contributed by atoms with Crippen molar-refractivity contribution in [2.75, 3.05) is 0 Å². The Kier molecular flexibility index (Phi) is 2.13. The van der Waals surface area contributed by atoms with E-state index in [0.717, 1.165) is 0 Å². The molecule has 1 rings (SSSR count). The van der Waals surface area contributed by atoms with Crippen molar-refractivity contribution in [1.82, 2.24) is 5.32 Å². The highest BCUT2D eigenvalue weighted by atomic mass is 32.2. The van der Waals surface area contributed by atoms with Crippen LogP contribution in [-0.4, -0.2) is 27.5 Å². The summed E-state index contributed by atoms with van der Waals surface area (Å²) in [5.41, 5.74) is 0. The van der Waals surface area contributed by atoms with Crippen LogP contribution in [0.1, 0.15) is 6.42 Å². The average Bonchev–Trinajstić information content (AvgIpc) is 2.09. The number of carboxylic acids is 1. The maximum absolute atomic E-state index is 10.7. The number of rotatable bonds is 2. The number of hydrogen-bond acceptors (Lipinski definition) is 4. The minimum Gasteiger partial charge on any atom is -0.481 e. The van der Waals surface area contributed by atoms with E-state index < -0.39 is 22.4 Å². The van der Waals surface area contributed by atoms with Crippen LogP contribution in [0.2, 0.25) is 0 Å². The van der Waals surface area contributed by atoms with Crippen LogP contribution in [0, 0.1) is 0 Å². The van der Waals surface area contributed by atoms with E-state index in [2.05, 4.69) is 5.32 Å². The Balaban J connectivity index is 2.53. The van der Waals surface area contributed by atoms with Gasteiger partial charge in [-0.25, -0.2) is 0 Å². The molecule has 1 aliphatic rings. The molecule has 1 atom stereocenters. The third-order valence-electron chi connectivity index (χ3n) is 1.15. The fraction of sp³-hybridized carbons (Fsp3) is 0.400. The summed E-state index contributed by atoms with van der Waals surface area (Å²) in [6.45, 7) is 0. The first kappa shape index (κ1) is 8.06. The number of amides is 1. The molecule has 11 heavy (non-hydrogen) atoms. The van der Waals surface area contributed by atoms with Crippen LogP contribution in [0.25, 0.3) is 0 Å². The largest absolute Gasteiger partial charge is 0.481 e. The SMILES string of the molecule is O=C(O)C[C@@H]1NC(=O)SC1=O. The Hall–Kier alpha value is -1.04. The van der Waals surface area contributed by atoms with E-state index in [0.29, 0.717) is 11.8 Å². The molecule has 0 bridgehead atoms. The van der Waals surface area contributed by atoms with Gasteiger partial charge in [0.1, 0.15) is 6.04 Å². The van der Waals surface area contributed by atoms with E-state index in [1.165, 1.54) is 0 Å². The predicted octanol–water partition coefficient (Wildman–Crippen LogP) is -0.187. The first-order valence-corrected chi connectivity index (χ1v) is 3.65.